The Morgan fingerprint density at radius 2 is 1.83 bits per heavy atom. The lowest BCUT2D eigenvalue weighted by Crippen LogP contribution is -2.43. The van der Waals surface area contributed by atoms with Crippen LogP contribution in [0.3, 0.4) is 0 Å². The molecule has 4 rings (SSSR count). The fraction of sp³-hybridized carbons (Fsp3) is 0.292. The zero-order valence-corrected chi connectivity index (χ0v) is 17.9. The lowest BCUT2D eigenvalue weighted by atomic mass is 10.0. The summed E-state index contributed by atoms with van der Waals surface area (Å²) in [5.74, 6) is 0.797. The highest BCUT2D eigenvalue weighted by atomic mass is 32.1. The van der Waals surface area contributed by atoms with Crippen molar-refractivity contribution in [3.8, 4) is 16.9 Å². The molecule has 1 amide bonds. The molecule has 0 spiro atoms. The number of methoxy groups -OCH3 is 1. The number of morpholine rings is 1. The van der Waals surface area contributed by atoms with E-state index in [9.17, 15) is 4.79 Å². The van der Waals surface area contributed by atoms with Gasteiger partial charge in [-0.25, -0.2) is 0 Å². The topological polar surface area (TPSA) is 50.8 Å². The van der Waals surface area contributed by atoms with Gasteiger partial charge in [-0.2, -0.15) is 0 Å². The molecule has 1 aliphatic heterocycles. The molecule has 2 heterocycles. The van der Waals surface area contributed by atoms with E-state index in [-0.39, 0.29) is 11.9 Å². The molecule has 0 saturated carbocycles. The molecule has 0 bridgehead atoms. The van der Waals surface area contributed by atoms with E-state index < -0.39 is 0 Å². The van der Waals surface area contributed by atoms with Crippen LogP contribution in [0.5, 0.6) is 5.75 Å². The van der Waals surface area contributed by atoms with Crippen LogP contribution in [0.4, 0.5) is 0 Å². The van der Waals surface area contributed by atoms with Crippen LogP contribution in [-0.4, -0.2) is 50.8 Å². The second-order valence-electron chi connectivity index (χ2n) is 7.18. The molecule has 6 heteroatoms. The zero-order valence-electron chi connectivity index (χ0n) is 17.0. The fourth-order valence-corrected chi connectivity index (χ4v) is 4.61. The maximum atomic E-state index is 13.1. The van der Waals surface area contributed by atoms with Crippen molar-refractivity contribution in [2.75, 3.05) is 40.0 Å². The van der Waals surface area contributed by atoms with E-state index in [1.807, 2.05) is 53.9 Å². The smallest absolute Gasteiger partial charge is 0.262 e. The lowest BCUT2D eigenvalue weighted by Gasteiger charge is -2.35. The van der Waals surface area contributed by atoms with Gasteiger partial charge < -0.3 is 14.8 Å². The number of hydrogen-bond acceptors (Lipinski definition) is 5. The fourth-order valence-electron chi connectivity index (χ4n) is 3.77. The van der Waals surface area contributed by atoms with Crippen LogP contribution in [0.15, 0.2) is 66.0 Å². The van der Waals surface area contributed by atoms with E-state index in [1.165, 1.54) is 11.3 Å². The summed E-state index contributed by atoms with van der Waals surface area (Å²) >= 11 is 1.48. The lowest BCUT2D eigenvalue weighted by molar-refractivity contribution is 0.0162. The summed E-state index contributed by atoms with van der Waals surface area (Å²) in [5.41, 5.74) is 3.20. The summed E-state index contributed by atoms with van der Waals surface area (Å²) in [6.07, 6.45) is 0. The van der Waals surface area contributed by atoms with Crippen LogP contribution in [0.1, 0.15) is 21.3 Å². The molecule has 1 atom stereocenters. The largest absolute Gasteiger partial charge is 0.497 e. The van der Waals surface area contributed by atoms with Crippen molar-refractivity contribution >= 4 is 17.2 Å². The third kappa shape index (κ3) is 4.73. The summed E-state index contributed by atoms with van der Waals surface area (Å²) in [5, 5.41) is 5.15. The molecule has 1 N–H and O–H groups in total. The second-order valence-corrected chi connectivity index (χ2v) is 8.09. The molecule has 5 nitrogen and oxygen atoms in total. The summed E-state index contributed by atoms with van der Waals surface area (Å²) in [4.78, 5) is 16.2. The van der Waals surface area contributed by atoms with Gasteiger partial charge in [0.25, 0.3) is 5.91 Å². The minimum Gasteiger partial charge on any atom is -0.497 e. The van der Waals surface area contributed by atoms with E-state index in [0.29, 0.717) is 19.8 Å². The van der Waals surface area contributed by atoms with Crippen LogP contribution in [-0.2, 0) is 4.74 Å². The SMILES string of the molecule is COc1ccc([C@@H](CNC(=O)c2sccc2-c2ccccc2)N2CCOCC2)cc1. The molecule has 2 aromatic carbocycles. The number of carbonyl (C=O) groups excluding carboxylic acids is 1. The molecule has 30 heavy (non-hydrogen) atoms. The second kappa shape index (κ2) is 9.89. The maximum Gasteiger partial charge on any atom is 0.262 e. The molecule has 1 aliphatic rings. The van der Waals surface area contributed by atoms with Gasteiger partial charge >= 0.3 is 0 Å². The Morgan fingerprint density at radius 1 is 1.10 bits per heavy atom. The Bertz CT molecular complexity index is 950. The third-order valence-corrected chi connectivity index (χ3v) is 6.31. The van der Waals surface area contributed by atoms with Crippen molar-refractivity contribution in [3.05, 3.63) is 76.5 Å². The normalized spacial score (nSPS) is 15.5. The molecule has 3 aromatic rings. The standard InChI is InChI=1S/C24H26N2O3S/c1-28-20-9-7-19(8-10-20)22(26-12-14-29-15-13-26)17-25-24(27)23-21(11-16-30-23)18-5-3-2-4-6-18/h2-11,16,22H,12-15,17H2,1H3,(H,25,27)/t22-/m1/s1. The van der Waals surface area contributed by atoms with Gasteiger partial charge in [0, 0.05) is 25.2 Å². The first kappa shape index (κ1) is 20.6. The highest BCUT2D eigenvalue weighted by molar-refractivity contribution is 7.12. The van der Waals surface area contributed by atoms with Crippen molar-refractivity contribution in [1.82, 2.24) is 10.2 Å². The van der Waals surface area contributed by atoms with Crippen LogP contribution in [0.25, 0.3) is 11.1 Å². The summed E-state index contributed by atoms with van der Waals surface area (Å²) in [6.45, 7) is 3.66. The summed E-state index contributed by atoms with van der Waals surface area (Å²) < 4.78 is 10.8. The number of ether oxygens (including phenoxy) is 2. The van der Waals surface area contributed by atoms with Gasteiger partial charge in [0.05, 0.1) is 31.2 Å². The number of carbonyl (C=O) groups is 1. The average molecular weight is 423 g/mol. The maximum absolute atomic E-state index is 13.1. The molecule has 156 valence electrons. The minimum absolute atomic E-state index is 0.0318. The van der Waals surface area contributed by atoms with Crippen LogP contribution in [0.2, 0.25) is 0 Å². The Kier molecular flexibility index (Phi) is 6.79. The van der Waals surface area contributed by atoms with E-state index in [1.54, 1.807) is 7.11 Å². The van der Waals surface area contributed by atoms with E-state index in [2.05, 4.69) is 22.3 Å². The van der Waals surface area contributed by atoms with Crippen molar-refractivity contribution < 1.29 is 14.3 Å². The molecule has 0 radical (unpaired) electrons. The number of thiophene rings is 1. The van der Waals surface area contributed by atoms with Gasteiger partial charge in [-0.1, -0.05) is 42.5 Å². The van der Waals surface area contributed by atoms with E-state index in [4.69, 9.17) is 9.47 Å². The highest BCUT2D eigenvalue weighted by Crippen LogP contribution is 2.29. The van der Waals surface area contributed by atoms with Crippen molar-refractivity contribution in [3.63, 3.8) is 0 Å². The number of rotatable bonds is 7. The number of nitrogens with zero attached hydrogens (tertiary/aromatic N) is 1. The molecule has 1 fully saturated rings. The Balaban J connectivity index is 1.51. The third-order valence-electron chi connectivity index (χ3n) is 5.40. The average Bonchev–Trinajstić information content (AvgIpc) is 3.31. The van der Waals surface area contributed by atoms with Gasteiger partial charge in [-0.05, 0) is 34.7 Å². The molecular formula is C24H26N2O3S. The number of benzene rings is 2. The zero-order chi connectivity index (χ0) is 20.8. The molecule has 0 unspecified atom stereocenters. The van der Waals surface area contributed by atoms with Gasteiger partial charge in [0.15, 0.2) is 0 Å². The number of hydrogen-bond donors (Lipinski definition) is 1. The number of nitrogens with one attached hydrogen (secondary N) is 1. The van der Waals surface area contributed by atoms with E-state index in [0.717, 1.165) is 40.4 Å². The van der Waals surface area contributed by atoms with Crippen molar-refractivity contribution in [2.45, 2.75) is 6.04 Å². The summed E-state index contributed by atoms with van der Waals surface area (Å²) in [6, 6.07) is 20.2. The summed E-state index contributed by atoms with van der Waals surface area (Å²) in [7, 11) is 1.67. The van der Waals surface area contributed by atoms with Gasteiger partial charge in [0.2, 0.25) is 0 Å². The molecule has 1 aromatic heterocycles. The van der Waals surface area contributed by atoms with Gasteiger partial charge in [-0.3, -0.25) is 9.69 Å². The minimum atomic E-state index is -0.0318. The monoisotopic (exact) mass is 422 g/mol. The molecule has 1 saturated heterocycles. The Labute approximate surface area is 181 Å². The van der Waals surface area contributed by atoms with Gasteiger partial charge in [0.1, 0.15) is 5.75 Å². The van der Waals surface area contributed by atoms with E-state index >= 15 is 0 Å². The van der Waals surface area contributed by atoms with Crippen molar-refractivity contribution in [1.29, 1.82) is 0 Å². The first-order chi connectivity index (χ1) is 14.8. The molecule has 0 aliphatic carbocycles. The first-order valence-corrected chi connectivity index (χ1v) is 11.0. The highest BCUT2D eigenvalue weighted by Gasteiger charge is 2.24. The number of amides is 1. The Morgan fingerprint density at radius 3 is 2.53 bits per heavy atom. The van der Waals surface area contributed by atoms with Crippen LogP contribution >= 0.6 is 11.3 Å². The quantitative estimate of drug-likeness (QED) is 0.619. The predicted octanol–water partition coefficient (Wildman–Crippen LogP) is 4.23. The first-order valence-electron chi connectivity index (χ1n) is 10.1. The Hall–Kier alpha value is -2.67. The van der Waals surface area contributed by atoms with Crippen molar-refractivity contribution in [2.24, 2.45) is 0 Å². The van der Waals surface area contributed by atoms with Crippen LogP contribution in [0, 0.1) is 0 Å². The van der Waals surface area contributed by atoms with Gasteiger partial charge in [-0.15, -0.1) is 11.3 Å². The predicted molar refractivity (Wildman–Crippen MR) is 120 cm³/mol. The van der Waals surface area contributed by atoms with Crippen LogP contribution < -0.4 is 10.1 Å². The molecular weight excluding hydrogens is 396 g/mol.